The van der Waals surface area contributed by atoms with Crippen molar-refractivity contribution in [2.24, 2.45) is 5.73 Å². The van der Waals surface area contributed by atoms with Gasteiger partial charge >= 0.3 is 0 Å². The molecule has 1 saturated heterocycles. The molecular formula is C14H16N4O3. The Morgan fingerprint density at radius 3 is 2.76 bits per heavy atom. The molecule has 1 fully saturated rings. The predicted octanol–water partition coefficient (Wildman–Crippen LogP) is 1.48. The Hall–Kier alpha value is -2.41. The van der Waals surface area contributed by atoms with Gasteiger partial charge in [0, 0.05) is 12.0 Å². The zero-order chi connectivity index (χ0) is 14.7. The molecule has 0 bridgehead atoms. The number of primary amides is 1. The average molecular weight is 288 g/mol. The summed E-state index contributed by atoms with van der Waals surface area (Å²) in [7, 11) is 0. The lowest BCUT2D eigenvalue weighted by atomic mass is 10.1. The van der Waals surface area contributed by atoms with E-state index in [-0.39, 0.29) is 12.0 Å². The van der Waals surface area contributed by atoms with E-state index < -0.39 is 5.91 Å². The first-order chi connectivity index (χ1) is 10.2. The summed E-state index contributed by atoms with van der Waals surface area (Å²) in [5.74, 6) is 0.101. The van der Waals surface area contributed by atoms with Gasteiger partial charge in [-0.15, -0.1) is 0 Å². The number of amides is 1. The SMILES string of the molecule is NC(=O)c1n[nH]nc1-c1ccc(OC2CCCCO2)cc1. The van der Waals surface area contributed by atoms with Crippen LogP contribution >= 0.6 is 0 Å². The molecule has 0 saturated carbocycles. The molecule has 2 heterocycles. The molecule has 0 radical (unpaired) electrons. The van der Waals surface area contributed by atoms with Crippen molar-refractivity contribution in [3.8, 4) is 17.0 Å². The molecule has 1 aliphatic rings. The molecule has 2 aromatic rings. The summed E-state index contributed by atoms with van der Waals surface area (Å²) >= 11 is 0. The van der Waals surface area contributed by atoms with Crippen LogP contribution in [-0.2, 0) is 4.74 Å². The van der Waals surface area contributed by atoms with Gasteiger partial charge < -0.3 is 15.2 Å². The third-order valence-corrected chi connectivity index (χ3v) is 3.31. The molecule has 7 heteroatoms. The van der Waals surface area contributed by atoms with Crippen molar-refractivity contribution < 1.29 is 14.3 Å². The minimum atomic E-state index is -0.616. The molecule has 0 spiro atoms. The maximum Gasteiger partial charge on any atom is 0.271 e. The molecule has 3 rings (SSSR count). The van der Waals surface area contributed by atoms with Gasteiger partial charge in [-0.3, -0.25) is 4.79 Å². The predicted molar refractivity (Wildman–Crippen MR) is 74.6 cm³/mol. The van der Waals surface area contributed by atoms with Crippen molar-refractivity contribution in [2.75, 3.05) is 6.61 Å². The second kappa shape index (κ2) is 5.92. The quantitative estimate of drug-likeness (QED) is 0.886. The number of nitrogens with two attached hydrogens (primary N) is 1. The van der Waals surface area contributed by atoms with Gasteiger partial charge in [-0.1, -0.05) is 0 Å². The number of hydrogen-bond acceptors (Lipinski definition) is 5. The minimum absolute atomic E-state index is 0.124. The number of rotatable bonds is 4. The number of H-pyrrole nitrogens is 1. The number of aromatic nitrogens is 3. The Morgan fingerprint density at radius 2 is 2.10 bits per heavy atom. The normalized spacial score (nSPS) is 18.4. The van der Waals surface area contributed by atoms with E-state index in [2.05, 4.69) is 15.4 Å². The lowest BCUT2D eigenvalue weighted by Gasteiger charge is -2.23. The van der Waals surface area contributed by atoms with Gasteiger partial charge in [0.25, 0.3) is 5.91 Å². The second-order valence-corrected chi connectivity index (χ2v) is 4.82. The number of nitrogens with zero attached hydrogens (tertiary/aromatic N) is 2. The fourth-order valence-electron chi connectivity index (χ4n) is 2.25. The van der Waals surface area contributed by atoms with Crippen LogP contribution in [0.15, 0.2) is 24.3 Å². The highest BCUT2D eigenvalue weighted by Crippen LogP contribution is 2.24. The Bertz CT molecular complexity index is 617. The van der Waals surface area contributed by atoms with Crippen LogP contribution < -0.4 is 10.5 Å². The van der Waals surface area contributed by atoms with E-state index in [1.165, 1.54) is 0 Å². The Balaban J connectivity index is 1.74. The van der Waals surface area contributed by atoms with Crippen LogP contribution in [0.2, 0.25) is 0 Å². The number of hydrogen-bond donors (Lipinski definition) is 2. The molecule has 0 aliphatic carbocycles. The third kappa shape index (κ3) is 3.03. The molecule has 1 aromatic heterocycles. The van der Waals surface area contributed by atoms with Gasteiger partial charge in [-0.25, -0.2) is 0 Å². The van der Waals surface area contributed by atoms with Gasteiger partial charge in [0.15, 0.2) is 12.0 Å². The minimum Gasteiger partial charge on any atom is -0.465 e. The van der Waals surface area contributed by atoms with Crippen molar-refractivity contribution in [2.45, 2.75) is 25.6 Å². The van der Waals surface area contributed by atoms with Gasteiger partial charge in [0.05, 0.1) is 6.61 Å². The van der Waals surface area contributed by atoms with E-state index in [0.717, 1.165) is 37.2 Å². The molecule has 1 atom stereocenters. The van der Waals surface area contributed by atoms with Crippen LogP contribution in [0.25, 0.3) is 11.3 Å². The highest BCUT2D eigenvalue weighted by atomic mass is 16.7. The summed E-state index contributed by atoms with van der Waals surface area (Å²) in [6.07, 6.45) is 2.92. The van der Waals surface area contributed by atoms with Crippen LogP contribution in [0.3, 0.4) is 0 Å². The molecule has 1 aliphatic heterocycles. The van der Waals surface area contributed by atoms with Crippen molar-refractivity contribution in [3.05, 3.63) is 30.0 Å². The topological polar surface area (TPSA) is 103 Å². The summed E-state index contributed by atoms with van der Waals surface area (Å²) in [6, 6.07) is 7.24. The Morgan fingerprint density at radius 1 is 1.29 bits per heavy atom. The number of ether oxygens (including phenoxy) is 2. The summed E-state index contributed by atoms with van der Waals surface area (Å²) in [4.78, 5) is 11.2. The first-order valence-corrected chi connectivity index (χ1v) is 6.83. The molecule has 1 amide bonds. The molecule has 7 nitrogen and oxygen atoms in total. The van der Waals surface area contributed by atoms with Crippen LogP contribution in [0.5, 0.6) is 5.75 Å². The molecular weight excluding hydrogens is 272 g/mol. The van der Waals surface area contributed by atoms with Crippen LogP contribution in [-0.4, -0.2) is 34.2 Å². The highest BCUT2D eigenvalue weighted by molar-refractivity contribution is 5.96. The van der Waals surface area contributed by atoms with Gasteiger partial charge in [-0.2, -0.15) is 15.4 Å². The first-order valence-electron chi connectivity index (χ1n) is 6.83. The number of benzene rings is 1. The fraction of sp³-hybridized carbons (Fsp3) is 0.357. The molecule has 110 valence electrons. The van der Waals surface area contributed by atoms with Gasteiger partial charge in [-0.05, 0) is 37.1 Å². The van der Waals surface area contributed by atoms with E-state index in [1.54, 1.807) is 0 Å². The zero-order valence-corrected chi connectivity index (χ0v) is 11.4. The van der Waals surface area contributed by atoms with Crippen LogP contribution in [0.1, 0.15) is 29.8 Å². The van der Waals surface area contributed by atoms with Gasteiger partial charge in [0.1, 0.15) is 11.4 Å². The number of carbonyl (C=O) groups is 1. The van der Waals surface area contributed by atoms with Crippen LogP contribution in [0, 0.1) is 0 Å². The Labute approximate surface area is 121 Å². The Kier molecular flexibility index (Phi) is 3.83. The number of nitrogens with one attached hydrogen (secondary N) is 1. The monoisotopic (exact) mass is 288 g/mol. The molecule has 21 heavy (non-hydrogen) atoms. The smallest absolute Gasteiger partial charge is 0.271 e. The lowest BCUT2D eigenvalue weighted by molar-refractivity contribution is -0.105. The van der Waals surface area contributed by atoms with E-state index in [4.69, 9.17) is 15.2 Å². The second-order valence-electron chi connectivity index (χ2n) is 4.82. The summed E-state index contributed by atoms with van der Waals surface area (Å²) < 4.78 is 11.3. The van der Waals surface area contributed by atoms with Crippen LogP contribution in [0.4, 0.5) is 0 Å². The van der Waals surface area contributed by atoms with Crippen molar-refractivity contribution in [1.29, 1.82) is 0 Å². The molecule has 1 aromatic carbocycles. The van der Waals surface area contributed by atoms with E-state index in [1.807, 2.05) is 24.3 Å². The standard InChI is InChI=1S/C14H16N4O3/c15-14(19)13-12(16-18-17-13)9-4-6-10(7-5-9)21-11-3-1-2-8-20-11/h4-7,11H,1-3,8H2,(H2,15,19)(H,16,17,18). The first kappa shape index (κ1) is 13.6. The van der Waals surface area contributed by atoms with E-state index in [9.17, 15) is 4.79 Å². The highest BCUT2D eigenvalue weighted by Gasteiger charge is 2.17. The summed E-state index contributed by atoms with van der Waals surface area (Å²) in [5, 5.41) is 10.1. The number of aromatic amines is 1. The zero-order valence-electron chi connectivity index (χ0n) is 11.4. The fourth-order valence-corrected chi connectivity index (χ4v) is 2.25. The van der Waals surface area contributed by atoms with Gasteiger partial charge in [0.2, 0.25) is 0 Å². The maximum absolute atomic E-state index is 11.2. The van der Waals surface area contributed by atoms with Crippen molar-refractivity contribution in [3.63, 3.8) is 0 Å². The average Bonchev–Trinajstić information content (AvgIpc) is 2.99. The number of carbonyl (C=O) groups excluding carboxylic acids is 1. The van der Waals surface area contributed by atoms with E-state index in [0.29, 0.717) is 5.69 Å². The third-order valence-electron chi connectivity index (χ3n) is 3.31. The largest absolute Gasteiger partial charge is 0.465 e. The molecule has 1 unspecified atom stereocenters. The molecule has 3 N–H and O–H groups in total. The van der Waals surface area contributed by atoms with E-state index >= 15 is 0 Å². The summed E-state index contributed by atoms with van der Waals surface area (Å²) in [5.41, 5.74) is 6.55. The van der Waals surface area contributed by atoms with Crippen molar-refractivity contribution in [1.82, 2.24) is 15.4 Å². The lowest BCUT2D eigenvalue weighted by Crippen LogP contribution is -2.24. The van der Waals surface area contributed by atoms with Crippen molar-refractivity contribution >= 4 is 5.91 Å². The summed E-state index contributed by atoms with van der Waals surface area (Å²) in [6.45, 7) is 0.740. The maximum atomic E-state index is 11.2.